The van der Waals surface area contributed by atoms with E-state index in [9.17, 15) is 4.79 Å². The standard InChI is InChI=1S/C19H16Br2ClN3O2/c1-10(2)18-24-16-5-4-12(20)7-14(16)19(26)25(18)23-9-11-6-13(22)8-15(21)17(11)27-3/h4-10H,1-3H3. The summed E-state index contributed by atoms with van der Waals surface area (Å²) in [6.07, 6.45) is 1.55. The maximum atomic E-state index is 13.0. The van der Waals surface area contributed by atoms with Crippen LogP contribution in [0.4, 0.5) is 0 Å². The number of nitrogens with zero attached hydrogens (tertiary/aromatic N) is 3. The molecule has 3 aromatic rings. The Morgan fingerprint density at radius 3 is 2.67 bits per heavy atom. The lowest BCUT2D eigenvalue weighted by atomic mass is 10.2. The largest absolute Gasteiger partial charge is 0.495 e. The molecule has 0 saturated heterocycles. The zero-order valence-electron chi connectivity index (χ0n) is 14.8. The summed E-state index contributed by atoms with van der Waals surface area (Å²) in [5.74, 6) is 1.17. The van der Waals surface area contributed by atoms with Crippen LogP contribution in [0.2, 0.25) is 5.02 Å². The van der Waals surface area contributed by atoms with E-state index in [0.717, 1.165) is 4.47 Å². The van der Waals surface area contributed by atoms with Gasteiger partial charge in [0, 0.05) is 21.0 Å². The van der Waals surface area contributed by atoms with Gasteiger partial charge in [0.1, 0.15) is 11.6 Å². The molecule has 0 N–H and O–H groups in total. The molecule has 0 unspecified atom stereocenters. The van der Waals surface area contributed by atoms with Crippen LogP contribution in [0.3, 0.4) is 0 Å². The van der Waals surface area contributed by atoms with Gasteiger partial charge in [0.25, 0.3) is 5.56 Å². The van der Waals surface area contributed by atoms with Gasteiger partial charge in [-0.3, -0.25) is 4.79 Å². The van der Waals surface area contributed by atoms with Gasteiger partial charge in [-0.05, 0) is 46.3 Å². The van der Waals surface area contributed by atoms with Gasteiger partial charge in [-0.1, -0.05) is 41.4 Å². The highest BCUT2D eigenvalue weighted by atomic mass is 79.9. The van der Waals surface area contributed by atoms with E-state index in [1.807, 2.05) is 26.0 Å². The van der Waals surface area contributed by atoms with Gasteiger partial charge in [-0.2, -0.15) is 9.78 Å². The third-order valence-electron chi connectivity index (χ3n) is 3.90. The molecular formula is C19H16Br2ClN3O2. The molecule has 0 amide bonds. The third kappa shape index (κ3) is 4.10. The maximum absolute atomic E-state index is 13.0. The van der Waals surface area contributed by atoms with Gasteiger partial charge < -0.3 is 4.74 Å². The molecule has 27 heavy (non-hydrogen) atoms. The van der Waals surface area contributed by atoms with Gasteiger partial charge in [-0.25, -0.2) is 4.98 Å². The summed E-state index contributed by atoms with van der Waals surface area (Å²) < 4.78 is 8.25. The Balaban J connectivity index is 2.23. The summed E-state index contributed by atoms with van der Waals surface area (Å²) in [6, 6.07) is 8.88. The van der Waals surface area contributed by atoms with Crippen LogP contribution in [-0.4, -0.2) is 23.0 Å². The number of ether oxygens (including phenoxy) is 1. The van der Waals surface area contributed by atoms with E-state index >= 15 is 0 Å². The molecule has 5 nitrogen and oxygen atoms in total. The predicted molar refractivity (Wildman–Crippen MR) is 116 cm³/mol. The lowest BCUT2D eigenvalue weighted by molar-refractivity contribution is 0.411. The molecule has 0 bridgehead atoms. The lowest BCUT2D eigenvalue weighted by Crippen LogP contribution is -2.23. The minimum atomic E-state index is -0.235. The molecule has 0 aliphatic rings. The predicted octanol–water partition coefficient (Wildman–Crippen LogP) is 5.59. The van der Waals surface area contributed by atoms with Crippen LogP contribution < -0.4 is 10.3 Å². The van der Waals surface area contributed by atoms with Crippen molar-refractivity contribution in [1.29, 1.82) is 0 Å². The first-order valence-electron chi connectivity index (χ1n) is 8.11. The zero-order chi connectivity index (χ0) is 19.7. The molecule has 0 aliphatic heterocycles. The normalized spacial score (nSPS) is 11.7. The number of benzene rings is 2. The molecule has 0 spiro atoms. The monoisotopic (exact) mass is 511 g/mol. The zero-order valence-corrected chi connectivity index (χ0v) is 18.8. The van der Waals surface area contributed by atoms with Crippen LogP contribution in [0, 0.1) is 0 Å². The highest BCUT2D eigenvalue weighted by Crippen LogP contribution is 2.31. The first-order valence-corrected chi connectivity index (χ1v) is 10.1. The van der Waals surface area contributed by atoms with Crippen molar-refractivity contribution in [2.24, 2.45) is 5.10 Å². The van der Waals surface area contributed by atoms with Crippen LogP contribution in [0.1, 0.15) is 31.2 Å². The van der Waals surface area contributed by atoms with Gasteiger partial charge >= 0.3 is 0 Å². The molecule has 0 aliphatic carbocycles. The molecule has 0 atom stereocenters. The Morgan fingerprint density at radius 2 is 2.00 bits per heavy atom. The lowest BCUT2D eigenvalue weighted by Gasteiger charge is -2.12. The molecule has 1 aromatic heterocycles. The second kappa shape index (κ2) is 8.12. The first-order chi connectivity index (χ1) is 12.8. The molecule has 1 heterocycles. The number of hydrogen-bond donors (Lipinski definition) is 0. The Labute approximate surface area is 178 Å². The molecule has 3 rings (SSSR count). The number of fused-ring (bicyclic) bond motifs is 1. The summed E-state index contributed by atoms with van der Waals surface area (Å²) in [5.41, 5.74) is 1.05. The molecule has 140 valence electrons. The topological polar surface area (TPSA) is 56.5 Å². The molecule has 2 aromatic carbocycles. The maximum Gasteiger partial charge on any atom is 0.282 e. The Bertz CT molecular complexity index is 1110. The first kappa shape index (κ1) is 20.0. The molecule has 0 fully saturated rings. The van der Waals surface area contributed by atoms with Crippen LogP contribution >= 0.6 is 43.5 Å². The minimum Gasteiger partial charge on any atom is -0.495 e. The van der Waals surface area contributed by atoms with E-state index in [1.54, 1.807) is 31.5 Å². The number of aromatic nitrogens is 2. The van der Waals surface area contributed by atoms with Crippen molar-refractivity contribution in [3.63, 3.8) is 0 Å². The van der Waals surface area contributed by atoms with Gasteiger partial charge in [0.15, 0.2) is 0 Å². The van der Waals surface area contributed by atoms with E-state index in [2.05, 4.69) is 41.9 Å². The Kier molecular flexibility index (Phi) is 6.03. The van der Waals surface area contributed by atoms with E-state index in [4.69, 9.17) is 16.3 Å². The number of hydrogen-bond acceptors (Lipinski definition) is 4. The van der Waals surface area contributed by atoms with Crippen molar-refractivity contribution in [3.8, 4) is 5.75 Å². The van der Waals surface area contributed by atoms with Crippen molar-refractivity contribution >= 4 is 60.6 Å². The smallest absolute Gasteiger partial charge is 0.282 e. The van der Waals surface area contributed by atoms with Crippen molar-refractivity contribution < 1.29 is 4.74 Å². The quantitative estimate of drug-likeness (QED) is 0.428. The summed E-state index contributed by atoms with van der Waals surface area (Å²) in [6.45, 7) is 3.93. The van der Waals surface area contributed by atoms with Crippen molar-refractivity contribution in [2.75, 3.05) is 7.11 Å². The fraction of sp³-hybridized carbons (Fsp3) is 0.211. The van der Waals surface area contributed by atoms with Crippen molar-refractivity contribution in [3.05, 3.63) is 66.0 Å². The van der Waals surface area contributed by atoms with Crippen LogP contribution in [0.5, 0.6) is 5.75 Å². The van der Waals surface area contributed by atoms with E-state index in [0.29, 0.717) is 37.5 Å². The summed E-state index contributed by atoms with van der Waals surface area (Å²) >= 11 is 13.0. The summed E-state index contributed by atoms with van der Waals surface area (Å²) in [4.78, 5) is 17.7. The summed E-state index contributed by atoms with van der Waals surface area (Å²) in [5, 5.41) is 5.43. The van der Waals surface area contributed by atoms with Crippen LogP contribution in [0.25, 0.3) is 10.9 Å². The average molecular weight is 514 g/mol. The van der Waals surface area contributed by atoms with Gasteiger partial charge in [0.05, 0.1) is 28.7 Å². The number of halogens is 3. The number of methoxy groups -OCH3 is 1. The second-order valence-electron chi connectivity index (χ2n) is 6.16. The Hall–Kier alpha value is -1.70. The Morgan fingerprint density at radius 1 is 1.26 bits per heavy atom. The molecular weight excluding hydrogens is 497 g/mol. The third-order valence-corrected chi connectivity index (χ3v) is 5.20. The van der Waals surface area contributed by atoms with Crippen molar-refractivity contribution in [1.82, 2.24) is 9.66 Å². The van der Waals surface area contributed by atoms with E-state index in [-0.39, 0.29) is 11.5 Å². The second-order valence-corrected chi connectivity index (χ2v) is 8.36. The van der Waals surface area contributed by atoms with E-state index in [1.165, 1.54) is 4.68 Å². The van der Waals surface area contributed by atoms with Gasteiger partial charge in [-0.15, -0.1) is 0 Å². The fourth-order valence-electron chi connectivity index (χ4n) is 2.66. The highest BCUT2D eigenvalue weighted by Gasteiger charge is 2.14. The van der Waals surface area contributed by atoms with E-state index < -0.39 is 0 Å². The average Bonchev–Trinajstić information content (AvgIpc) is 2.60. The molecule has 0 saturated carbocycles. The van der Waals surface area contributed by atoms with Gasteiger partial charge in [0.2, 0.25) is 0 Å². The minimum absolute atomic E-state index is 0.0101. The highest BCUT2D eigenvalue weighted by molar-refractivity contribution is 9.10. The fourth-order valence-corrected chi connectivity index (χ4v) is 4.02. The molecule has 0 radical (unpaired) electrons. The SMILES string of the molecule is COc1c(Br)cc(Cl)cc1C=Nn1c(C(C)C)nc2ccc(Br)cc2c1=O. The molecule has 8 heteroatoms. The summed E-state index contributed by atoms with van der Waals surface area (Å²) in [7, 11) is 1.56. The van der Waals surface area contributed by atoms with Crippen LogP contribution in [-0.2, 0) is 0 Å². The van der Waals surface area contributed by atoms with Crippen LogP contribution in [0.15, 0.2) is 49.2 Å². The number of rotatable bonds is 4. The van der Waals surface area contributed by atoms with Crippen molar-refractivity contribution in [2.45, 2.75) is 19.8 Å².